The molecule has 0 bridgehead atoms. The smallest absolute Gasteiger partial charge is 0.248 e. The van der Waals surface area contributed by atoms with E-state index in [1.807, 2.05) is 37.3 Å². The van der Waals surface area contributed by atoms with E-state index in [-0.39, 0.29) is 42.3 Å². The van der Waals surface area contributed by atoms with Gasteiger partial charge < -0.3 is 5.32 Å². The third-order valence-electron chi connectivity index (χ3n) is 6.78. The highest BCUT2D eigenvalue weighted by Crippen LogP contribution is 2.55. The number of amides is 1. The molecule has 3 nitrogen and oxygen atoms in total. The van der Waals surface area contributed by atoms with E-state index in [9.17, 15) is 18.0 Å². The number of halogens is 3. The lowest BCUT2D eigenvalue weighted by Crippen LogP contribution is -2.48. The third-order valence-corrected chi connectivity index (χ3v) is 6.78. The molecule has 1 aromatic carbocycles. The van der Waals surface area contributed by atoms with Gasteiger partial charge in [-0.05, 0) is 61.4 Å². The van der Waals surface area contributed by atoms with Crippen LogP contribution in [-0.2, 0) is 4.79 Å². The minimum atomic E-state index is -2.65. The molecule has 1 heterocycles. The van der Waals surface area contributed by atoms with Crippen LogP contribution in [0.3, 0.4) is 0 Å². The molecule has 1 N–H and O–H groups in total. The van der Waals surface area contributed by atoms with Crippen molar-refractivity contribution in [2.75, 3.05) is 0 Å². The van der Waals surface area contributed by atoms with Gasteiger partial charge in [0.2, 0.25) is 11.8 Å². The van der Waals surface area contributed by atoms with Gasteiger partial charge in [-0.25, -0.2) is 13.2 Å². The molecule has 31 heavy (non-hydrogen) atoms. The Morgan fingerprint density at radius 1 is 1.19 bits per heavy atom. The molecule has 4 rings (SSSR count). The van der Waals surface area contributed by atoms with Gasteiger partial charge in [0.15, 0.2) is 0 Å². The molecule has 2 aromatic rings. The molecule has 2 saturated carbocycles. The van der Waals surface area contributed by atoms with Crippen molar-refractivity contribution >= 4 is 12.0 Å². The summed E-state index contributed by atoms with van der Waals surface area (Å²) in [4.78, 5) is 16.3. The highest BCUT2D eigenvalue weighted by molar-refractivity contribution is 5.74. The zero-order valence-electron chi connectivity index (χ0n) is 17.7. The summed E-state index contributed by atoms with van der Waals surface area (Å²) in [7, 11) is 0. The van der Waals surface area contributed by atoms with Crippen LogP contribution < -0.4 is 5.32 Å². The number of nitrogens with one attached hydrogen (secondary N) is 1. The number of pyridine rings is 1. The molecule has 1 aromatic heterocycles. The quantitative estimate of drug-likeness (QED) is 0.662. The fraction of sp³-hybridized carbons (Fsp3) is 0.440. The first-order valence-electron chi connectivity index (χ1n) is 10.7. The molecule has 4 atom stereocenters. The van der Waals surface area contributed by atoms with Crippen molar-refractivity contribution in [1.29, 1.82) is 0 Å². The molecule has 0 aliphatic heterocycles. The number of aromatic nitrogens is 1. The minimum absolute atomic E-state index is 0.0795. The minimum Gasteiger partial charge on any atom is -0.351 e. The maximum absolute atomic E-state index is 14.2. The fourth-order valence-corrected chi connectivity index (χ4v) is 5.49. The number of fused-ring (bicyclic) bond motifs is 1. The molecule has 164 valence electrons. The molecule has 1 amide bonds. The summed E-state index contributed by atoms with van der Waals surface area (Å²) in [6.07, 6.45) is 6.42. The van der Waals surface area contributed by atoms with Gasteiger partial charge in [-0.1, -0.05) is 24.3 Å². The Morgan fingerprint density at radius 3 is 2.68 bits per heavy atom. The van der Waals surface area contributed by atoms with Crippen molar-refractivity contribution in [1.82, 2.24) is 10.3 Å². The van der Waals surface area contributed by atoms with E-state index in [1.165, 1.54) is 19.1 Å². The second-order valence-electron chi connectivity index (χ2n) is 9.19. The first kappa shape index (κ1) is 21.6. The average Bonchev–Trinajstić information content (AvgIpc) is 2.95. The number of alkyl halides is 2. The predicted molar refractivity (Wildman–Crippen MR) is 115 cm³/mol. The third kappa shape index (κ3) is 4.68. The summed E-state index contributed by atoms with van der Waals surface area (Å²) >= 11 is 0. The second-order valence-corrected chi connectivity index (χ2v) is 9.19. The van der Waals surface area contributed by atoms with Crippen LogP contribution in [0.15, 0.2) is 48.7 Å². The predicted octanol–water partition coefficient (Wildman–Crippen LogP) is 5.87. The largest absolute Gasteiger partial charge is 0.351 e. The number of benzene rings is 1. The van der Waals surface area contributed by atoms with Crippen LogP contribution in [0, 0.1) is 23.6 Å². The average molecular weight is 428 g/mol. The molecule has 2 fully saturated rings. The summed E-state index contributed by atoms with van der Waals surface area (Å²) in [5, 5.41) is 3.03. The summed E-state index contributed by atoms with van der Waals surface area (Å²) < 4.78 is 41.8. The van der Waals surface area contributed by atoms with E-state index in [4.69, 9.17) is 0 Å². The number of hydrogen-bond acceptors (Lipinski definition) is 2. The lowest BCUT2D eigenvalue weighted by atomic mass is 9.75. The van der Waals surface area contributed by atoms with E-state index >= 15 is 0 Å². The normalized spacial score (nSPS) is 29.6. The van der Waals surface area contributed by atoms with Gasteiger partial charge in [0.25, 0.3) is 0 Å². The van der Waals surface area contributed by atoms with E-state index in [2.05, 4.69) is 10.3 Å². The van der Waals surface area contributed by atoms with Crippen molar-refractivity contribution in [3.05, 3.63) is 60.2 Å². The molecular formula is C25H27F3N2O. The van der Waals surface area contributed by atoms with Crippen LogP contribution >= 0.6 is 0 Å². The summed E-state index contributed by atoms with van der Waals surface area (Å²) in [5.41, 5.74) is 1.67. The first-order chi connectivity index (χ1) is 14.7. The van der Waals surface area contributed by atoms with Gasteiger partial charge >= 0.3 is 0 Å². The zero-order chi connectivity index (χ0) is 22.2. The lowest BCUT2D eigenvalue weighted by Gasteiger charge is -2.35. The van der Waals surface area contributed by atoms with Crippen molar-refractivity contribution in [3.8, 4) is 11.1 Å². The Morgan fingerprint density at radius 2 is 2.00 bits per heavy atom. The zero-order valence-corrected chi connectivity index (χ0v) is 17.7. The van der Waals surface area contributed by atoms with Crippen molar-refractivity contribution < 1.29 is 18.0 Å². The second kappa shape index (κ2) is 8.13. The molecule has 0 radical (unpaired) electrons. The summed E-state index contributed by atoms with van der Waals surface area (Å²) in [6, 6.07) is 10.0. The number of rotatable bonds is 4. The SMILES string of the molecule is CC(=O)NC1(C)C[C@H]2CCC(F)(F)C[C@H]2[C@@H]1/C=C/c1ccc(-c2cccc(F)c2)cn1. The Labute approximate surface area is 180 Å². The molecule has 6 heteroatoms. The van der Waals surface area contributed by atoms with Crippen molar-refractivity contribution in [2.45, 2.75) is 51.0 Å². The molecule has 0 spiro atoms. The van der Waals surface area contributed by atoms with Crippen molar-refractivity contribution in [2.24, 2.45) is 17.8 Å². The number of hydrogen-bond donors (Lipinski definition) is 1. The number of nitrogens with zero attached hydrogens (tertiary/aromatic N) is 1. The van der Waals surface area contributed by atoms with Gasteiger partial charge in [-0.3, -0.25) is 9.78 Å². The van der Waals surface area contributed by atoms with Crippen LogP contribution in [0.5, 0.6) is 0 Å². The van der Waals surface area contributed by atoms with Crippen molar-refractivity contribution in [3.63, 3.8) is 0 Å². The Kier molecular flexibility index (Phi) is 5.67. The van der Waals surface area contributed by atoms with E-state index in [1.54, 1.807) is 12.3 Å². The van der Waals surface area contributed by atoms with Crippen LogP contribution in [0.4, 0.5) is 13.2 Å². The first-order valence-corrected chi connectivity index (χ1v) is 10.7. The monoisotopic (exact) mass is 428 g/mol. The van der Waals surface area contributed by atoms with E-state index in [0.717, 1.165) is 11.1 Å². The van der Waals surface area contributed by atoms with Gasteiger partial charge in [0.1, 0.15) is 5.82 Å². The van der Waals surface area contributed by atoms with Gasteiger partial charge in [-0.15, -0.1) is 0 Å². The van der Waals surface area contributed by atoms with Crippen LogP contribution in [0.1, 0.15) is 45.2 Å². The van der Waals surface area contributed by atoms with E-state index in [0.29, 0.717) is 18.5 Å². The molecule has 0 saturated heterocycles. The Balaban J connectivity index is 1.58. The molecule has 2 aliphatic carbocycles. The standard InChI is InChI=1S/C25H27F3N2O/c1-16(31)30-24(2)13-18-10-11-25(27,28)14-22(18)23(24)9-8-21-7-6-19(15-29-21)17-4-3-5-20(26)12-17/h3-9,12,15,18,22-23H,10-11,13-14H2,1-2H3,(H,30,31)/b9-8+/t18-,22-,23+,24?/m1/s1. The topological polar surface area (TPSA) is 42.0 Å². The van der Waals surface area contributed by atoms with Crippen LogP contribution in [0.2, 0.25) is 0 Å². The highest BCUT2D eigenvalue weighted by Gasteiger charge is 2.55. The van der Waals surface area contributed by atoms with Gasteiger partial charge in [0, 0.05) is 43.0 Å². The fourth-order valence-electron chi connectivity index (χ4n) is 5.49. The molecule has 2 aliphatic rings. The molecule has 1 unspecified atom stereocenters. The lowest BCUT2D eigenvalue weighted by molar-refractivity contribution is -0.121. The van der Waals surface area contributed by atoms with Crippen LogP contribution in [0.25, 0.3) is 17.2 Å². The summed E-state index contributed by atoms with van der Waals surface area (Å²) in [5.74, 6) is -3.31. The Hall–Kier alpha value is -2.63. The Bertz CT molecular complexity index is 989. The van der Waals surface area contributed by atoms with Gasteiger partial charge in [0.05, 0.1) is 5.69 Å². The number of carbonyl (C=O) groups excluding carboxylic acids is 1. The molecular weight excluding hydrogens is 401 g/mol. The number of carbonyl (C=O) groups is 1. The maximum Gasteiger partial charge on any atom is 0.248 e. The van der Waals surface area contributed by atoms with E-state index < -0.39 is 11.5 Å². The van der Waals surface area contributed by atoms with Crippen LogP contribution in [-0.4, -0.2) is 22.4 Å². The highest BCUT2D eigenvalue weighted by atomic mass is 19.3. The maximum atomic E-state index is 14.2. The summed E-state index contributed by atoms with van der Waals surface area (Å²) in [6.45, 7) is 3.43. The van der Waals surface area contributed by atoms with Gasteiger partial charge in [-0.2, -0.15) is 0 Å².